The highest BCUT2D eigenvalue weighted by Crippen LogP contribution is 2.24. The highest BCUT2D eigenvalue weighted by atomic mass is 16.2. The molecule has 1 atom stereocenters. The van der Waals surface area contributed by atoms with Crippen molar-refractivity contribution >= 4 is 29.1 Å². The molecule has 3 amide bonds. The second kappa shape index (κ2) is 7.47. The zero-order chi connectivity index (χ0) is 18.5. The van der Waals surface area contributed by atoms with Crippen molar-refractivity contribution < 1.29 is 14.4 Å². The number of amides is 3. The molecule has 8 heteroatoms. The average Bonchev–Trinajstić information content (AvgIpc) is 3.13. The maximum Gasteiger partial charge on any atom is 0.285 e. The van der Waals surface area contributed by atoms with Gasteiger partial charge in [0, 0.05) is 12.0 Å². The minimum absolute atomic E-state index is 0.0528. The predicted molar refractivity (Wildman–Crippen MR) is 96.0 cm³/mol. The van der Waals surface area contributed by atoms with Gasteiger partial charge in [0.15, 0.2) is 0 Å². The fraction of sp³-hybridized carbons (Fsp3) is 0.111. The maximum absolute atomic E-state index is 12.3. The summed E-state index contributed by atoms with van der Waals surface area (Å²) in [5, 5.41) is 5.61. The van der Waals surface area contributed by atoms with Crippen molar-refractivity contribution in [3.05, 3.63) is 66.2 Å². The lowest BCUT2D eigenvalue weighted by atomic mass is 10.1. The van der Waals surface area contributed by atoms with E-state index in [1.165, 1.54) is 5.01 Å². The first-order valence-electron chi connectivity index (χ1n) is 7.93. The molecule has 132 valence electrons. The number of rotatable bonds is 4. The van der Waals surface area contributed by atoms with Gasteiger partial charge >= 0.3 is 0 Å². The highest BCUT2D eigenvalue weighted by molar-refractivity contribution is 6.40. The SMILES string of the molecule is NC(=O)C1CC(C(=O)NNC(=O)c2ccccc2)=NN1c1ccccc1. The maximum atomic E-state index is 12.3. The Morgan fingerprint density at radius 2 is 1.50 bits per heavy atom. The number of para-hydroxylation sites is 1. The summed E-state index contributed by atoms with van der Waals surface area (Å²) in [5.41, 5.74) is 11.2. The molecule has 1 aliphatic heterocycles. The van der Waals surface area contributed by atoms with Crippen molar-refractivity contribution in [1.82, 2.24) is 10.9 Å². The van der Waals surface area contributed by atoms with Gasteiger partial charge in [-0.2, -0.15) is 5.10 Å². The number of benzene rings is 2. The van der Waals surface area contributed by atoms with Crippen LogP contribution >= 0.6 is 0 Å². The molecule has 3 rings (SSSR count). The highest BCUT2D eigenvalue weighted by Gasteiger charge is 2.35. The van der Waals surface area contributed by atoms with E-state index < -0.39 is 23.8 Å². The Morgan fingerprint density at radius 3 is 2.12 bits per heavy atom. The van der Waals surface area contributed by atoms with Gasteiger partial charge in [0.2, 0.25) is 5.91 Å². The van der Waals surface area contributed by atoms with E-state index in [0.717, 1.165) is 0 Å². The number of hydrogen-bond acceptors (Lipinski definition) is 5. The van der Waals surface area contributed by atoms with Crippen molar-refractivity contribution in [3.8, 4) is 0 Å². The van der Waals surface area contributed by atoms with E-state index in [2.05, 4.69) is 16.0 Å². The van der Waals surface area contributed by atoms with E-state index in [0.29, 0.717) is 11.3 Å². The third-order valence-corrected chi connectivity index (χ3v) is 3.85. The molecule has 0 saturated carbocycles. The first-order valence-corrected chi connectivity index (χ1v) is 7.93. The number of nitrogens with two attached hydrogens (primary N) is 1. The molecule has 26 heavy (non-hydrogen) atoms. The Bertz CT molecular complexity index is 852. The second-order valence-corrected chi connectivity index (χ2v) is 5.62. The Labute approximate surface area is 149 Å². The number of hydrogen-bond donors (Lipinski definition) is 3. The summed E-state index contributed by atoms with van der Waals surface area (Å²) in [6.45, 7) is 0. The zero-order valence-corrected chi connectivity index (χ0v) is 13.8. The van der Waals surface area contributed by atoms with Crippen LogP contribution in [-0.2, 0) is 9.59 Å². The summed E-state index contributed by atoms with van der Waals surface area (Å²) in [6, 6.07) is 16.6. The first kappa shape index (κ1) is 17.2. The lowest BCUT2D eigenvalue weighted by molar-refractivity contribution is -0.119. The normalized spacial score (nSPS) is 15.9. The van der Waals surface area contributed by atoms with Gasteiger partial charge in [0.1, 0.15) is 11.8 Å². The van der Waals surface area contributed by atoms with Gasteiger partial charge in [-0.05, 0) is 24.3 Å². The molecule has 0 aromatic heterocycles. The molecule has 2 aromatic rings. The lowest BCUT2D eigenvalue weighted by Gasteiger charge is -2.20. The third kappa shape index (κ3) is 3.69. The van der Waals surface area contributed by atoms with Crippen LogP contribution in [-0.4, -0.2) is 29.5 Å². The fourth-order valence-electron chi connectivity index (χ4n) is 2.54. The molecule has 2 aromatic carbocycles. The number of carbonyl (C=O) groups excluding carboxylic acids is 3. The molecule has 1 heterocycles. The number of carbonyl (C=O) groups is 3. The van der Waals surface area contributed by atoms with Crippen LogP contribution in [0.4, 0.5) is 5.69 Å². The molecule has 8 nitrogen and oxygen atoms in total. The molecule has 0 radical (unpaired) electrons. The minimum Gasteiger partial charge on any atom is -0.368 e. The minimum atomic E-state index is -0.761. The topological polar surface area (TPSA) is 117 Å². The van der Waals surface area contributed by atoms with Crippen LogP contribution in [0.25, 0.3) is 0 Å². The van der Waals surface area contributed by atoms with Crippen molar-refractivity contribution in [2.75, 3.05) is 5.01 Å². The fourth-order valence-corrected chi connectivity index (χ4v) is 2.54. The number of anilines is 1. The van der Waals surface area contributed by atoms with Crippen LogP contribution in [0.1, 0.15) is 16.8 Å². The van der Waals surface area contributed by atoms with Gasteiger partial charge < -0.3 is 5.73 Å². The molecule has 0 bridgehead atoms. The standard InChI is InChI=1S/C18H17N5O3/c19-16(24)15-11-14(22-23(15)13-9-5-2-6-10-13)18(26)21-20-17(25)12-7-3-1-4-8-12/h1-10,15H,11H2,(H2,19,24)(H,20,25)(H,21,26). The summed E-state index contributed by atoms with van der Waals surface area (Å²) in [7, 11) is 0. The van der Waals surface area contributed by atoms with Crippen molar-refractivity contribution in [1.29, 1.82) is 0 Å². The number of hydrazine groups is 1. The van der Waals surface area contributed by atoms with E-state index in [4.69, 9.17) is 5.73 Å². The zero-order valence-electron chi connectivity index (χ0n) is 13.8. The average molecular weight is 351 g/mol. The van der Waals surface area contributed by atoms with Gasteiger partial charge in [-0.3, -0.25) is 30.2 Å². The van der Waals surface area contributed by atoms with Crippen molar-refractivity contribution in [3.63, 3.8) is 0 Å². The van der Waals surface area contributed by atoms with E-state index >= 15 is 0 Å². The largest absolute Gasteiger partial charge is 0.368 e. The van der Waals surface area contributed by atoms with Gasteiger partial charge in [-0.1, -0.05) is 36.4 Å². The van der Waals surface area contributed by atoms with Crippen LogP contribution in [0, 0.1) is 0 Å². The molecular weight excluding hydrogens is 334 g/mol. The smallest absolute Gasteiger partial charge is 0.285 e. The first-order chi connectivity index (χ1) is 12.6. The summed E-state index contributed by atoms with van der Waals surface area (Å²) < 4.78 is 0. The molecule has 1 aliphatic rings. The third-order valence-electron chi connectivity index (χ3n) is 3.85. The van der Waals surface area contributed by atoms with Gasteiger partial charge in [-0.15, -0.1) is 0 Å². The van der Waals surface area contributed by atoms with E-state index in [1.807, 2.05) is 6.07 Å². The Morgan fingerprint density at radius 1 is 0.923 bits per heavy atom. The molecular formula is C18H17N5O3. The Hall–Kier alpha value is -3.68. The van der Waals surface area contributed by atoms with Gasteiger partial charge in [0.25, 0.3) is 11.8 Å². The molecule has 1 unspecified atom stereocenters. The van der Waals surface area contributed by atoms with Crippen LogP contribution in [0.5, 0.6) is 0 Å². The number of nitrogens with zero attached hydrogens (tertiary/aromatic N) is 2. The van der Waals surface area contributed by atoms with E-state index in [1.54, 1.807) is 54.6 Å². The number of primary amides is 1. The molecule has 4 N–H and O–H groups in total. The summed E-state index contributed by atoms with van der Waals surface area (Å²) in [6.07, 6.45) is 0.0528. The van der Waals surface area contributed by atoms with E-state index in [-0.39, 0.29) is 12.1 Å². The summed E-state index contributed by atoms with van der Waals surface area (Å²) in [4.78, 5) is 36.0. The quantitative estimate of drug-likeness (QED) is 0.698. The van der Waals surface area contributed by atoms with Crippen LogP contribution in [0.2, 0.25) is 0 Å². The van der Waals surface area contributed by atoms with Gasteiger partial charge in [-0.25, -0.2) is 0 Å². The molecule has 0 aliphatic carbocycles. The Balaban J connectivity index is 1.69. The van der Waals surface area contributed by atoms with Crippen LogP contribution < -0.4 is 21.6 Å². The Kier molecular flexibility index (Phi) is 4.93. The number of hydrazone groups is 1. The van der Waals surface area contributed by atoms with E-state index in [9.17, 15) is 14.4 Å². The number of nitrogens with one attached hydrogen (secondary N) is 2. The monoisotopic (exact) mass is 351 g/mol. The lowest BCUT2D eigenvalue weighted by Crippen LogP contribution is -2.45. The van der Waals surface area contributed by atoms with Gasteiger partial charge in [0.05, 0.1) is 5.69 Å². The van der Waals surface area contributed by atoms with Crippen molar-refractivity contribution in [2.24, 2.45) is 10.8 Å². The predicted octanol–water partition coefficient (Wildman–Crippen LogP) is 0.568. The summed E-state index contributed by atoms with van der Waals surface area (Å²) in [5.74, 6) is -1.64. The molecule has 0 saturated heterocycles. The van der Waals surface area contributed by atoms with Crippen molar-refractivity contribution in [2.45, 2.75) is 12.5 Å². The summed E-state index contributed by atoms with van der Waals surface area (Å²) >= 11 is 0. The molecule has 0 spiro atoms. The van der Waals surface area contributed by atoms with Crippen LogP contribution in [0.3, 0.4) is 0 Å². The molecule has 0 fully saturated rings. The second-order valence-electron chi connectivity index (χ2n) is 5.62. The van der Waals surface area contributed by atoms with Crippen LogP contribution in [0.15, 0.2) is 65.8 Å².